The molecule has 1 fully saturated rings. The highest BCUT2D eigenvalue weighted by atomic mass is 19.1. The van der Waals surface area contributed by atoms with Crippen LogP contribution in [0.25, 0.3) is 22.5 Å². The van der Waals surface area contributed by atoms with Crippen LogP contribution in [-0.2, 0) is 13.1 Å². The van der Waals surface area contributed by atoms with E-state index in [1.165, 1.54) is 18.5 Å². The number of halogens is 1. The Bertz CT molecular complexity index is 1410. The van der Waals surface area contributed by atoms with Crippen molar-refractivity contribution < 1.29 is 13.6 Å². The van der Waals surface area contributed by atoms with Gasteiger partial charge in [-0.3, -0.25) is 4.79 Å². The number of rotatable bonds is 4. The maximum Gasteiger partial charge on any atom is 0.258 e. The van der Waals surface area contributed by atoms with Crippen molar-refractivity contribution in [2.24, 2.45) is 0 Å². The molecule has 33 heavy (non-hydrogen) atoms. The number of anilines is 1. The van der Waals surface area contributed by atoms with Gasteiger partial charge in [0.2, 0.25) is 5.71 Å². The molecule has 0 spiro atoms. The van der Waals surface area contributed by atoms with E-state index >= 15 is 0 Å². The standard InChI is InChI=1S/C24H21FN6O2/c1-13-18(19-21(30-24(2)7-8-24)27-12-28-22(19)33-13)23(32)31-10-15-9-26-20(29-17(15)11-31)14-3-5-16(25)6-4-14/h3-6,9,12H,7-8,10-11H2,1-2H3,(H,27,28,30). The molecule has 1 N–H and O–H groups in total. The monoisotopic (exact) mass is 444 g/mol. The fourth-order valence-electron chi connectivity index (χ4n) is 4.19. The van der Waals surface area contributed by atoms with E-state index in [4.69, 9.17) is 4.42 Å². The third-order valence-electron chi connectivity index (χ3n) is 6.34. The fraction of sp³-hybridized carbons (Fsp3) is 0.292. The van der Waals surface area contributed by atoms with Crippen LogP contribution in [0.3, 0.4) is 0 Å². The van der Waals surface area contributed by atoms with Crippen molar-refractivity contribution >= 4 is 22.8 Å². The molecule has 4 heterocycles. The van der Waals surface area contributed by atoms with Gasteiger partial charge in [-0.2, -0.15) is 0 Å². The van der Waals surface area contributed by atoms with E-state index in [0.717, 1.165) is 29.7 Å². The summed E-state index contributed by atoms with van der Waals surface area (Å²) in [5, 5.41) is 4.06. The lowest BCUT2D eigenvalue weighted by atomic mass is 10.1. The lowest BCUT2D eigenvalue weighted by Crippen LogP contribution is -2.26. The van der Waals surface area contributed by atoms with Gasteiger partial charge < -0.3 is 14.6 Å². The Morgan fingerprint density at radius 2 is 1.94 bits per heavy atom. The predicted molar refractivity (Wildman–Crippen MR) is 119 cm³/mol. The van der Waals surface area contributed by atoms with Crippen LogP contribution in [0.2, 0.25) is 0 Å². The maximum atomic E-state index is 13.6. The van der Waals surface area contributed by atoms with Crippen LogP contribution < -0.4 is 5.32 Å². The second kappa shape index (κ2) is 7.06. The lowest BCUT2D eigenvalue weighted by molar-refractivity contribution is 0.0750. The molecule has 1 aliphatic carbocycles. The van der Waals surface area contributed by atoms with E-state index in [-0.39, 0.29) is 17.3 Å². The fourth-order valence-corrected chi connectivity index (χ4v) is 4.19. The van der Waals surface area contributed by atoms with Crippen LogP contribution in [0.5, 0.6) is 0 Å². The normalized spacial score (nSPS) is 16.2. The average molecular weight is 444 g/mol. The predicted octanol–water partition coefficient (Wildman–Crippen LogP) is 4.25. The molecule has 9 heteroatoms. The molecule has 3 aromatic heterocycles. The summed E-state index contributed by atoms with van der Waals surface area (Å²) in [6.45, 7) is 4.65. The molecule has 6 rings (SSSR count). The Kier molecular flexibility index (Phi) is 4.23. The van der Waals surface area contributed by atoms with Crippen LogP contribution in [-0.4, -0.2) is 36.3 Å². The van der Waals surface area contributed by atoms with Gasteiger partial charge in [0.05, 0.1) is 23.2 Å². The van der Waals surface area contributed by atoms with E-state index in [9.17, 15) is 9.18 Å². The largest absolute Gasteiger partial charge is 0.442 e. The van der Waals surface area contributed by atoms with Crippen molar-refractivity contribution in [3.63, 3.8) is 0 Å². The van der Waals surface area contributed by atoms with Crippen molar-refractivity contribution in [3.05, 3.63) is 65.2 Å². The van der Waals surface area contributed by atoms with Gasteiger partial charge in [-0.25, -0.2) is 24.3 Å². The van der Waals surface area contributed by atoms with Crippen molar-refractivity contribution in [1.82, 2.24) is 24.8 Å². The molecule has 1 saturated carbocycles. The minimum Gasteiger partial charge on any atom is -0.442 e. The summed E-state index contributed by atoms with van der Waals surface area (Å²) in [6, 6.07) is 6.05. The Labute approximate surface area is 188 Å². The molecule has 2 aliphatic rings. The molecule has 4 aromatic rings. The number of aryl methyl sites for hydroxylation is 1. The molecule has 0 unspecified atom stereocenters. The minimum atomic E-state index is -0.312. The number of hydrogen-bond donors (Lipinski definition) is 1. The van der Waals surface area contributed by atoms with Gasteiger partial charge in [-0.15, -0.1) is 0 Å². The van der Waals surface area contributed by atoms with Gasteiger partial charge in [0, 0.05) is 29.4 Å². The maximum absolute atomic E-state index is 13.6. The molecule has 0 bridgehead atoms. The van der Waals surface area contributed by atoms with Crippen LogP contribution >= 0.6 is 0 Å². The number of nitrogens with one attached hydrogen (secondary N) is 1. The summed E-state index contributed by atoms with van der Waals surface area (Å²) in [4.78, 5) is 33.0. The third-order valence-corrected chi connectivity index (χ3v) is 6.34. The lowest BCUT2D eigenvalue weighted by Gasteiger charge is -2.16. The molecule has 166 valence electrons. The molecule has 8 nitrogen and oxygen atoms in total. The van der Waals surface area contributed by atoms with E-state index in [1.807, 2.05) is 0 Å². The number of amides is 1. The quantitative estimate of drug-likeness (QED) is 0.503. The Balaban J connectivity index is 1.32. The van der Waals surface area contributed by atoms with E-state index in [0.29, 0.717) is 47.2 Å². The van der Waals surface area contributed by atoms with Gasteiger partial charge >= 0.3 is 0 Å². The molecule has 1 aliphatic heterocycles. The number of nitrogens with zero attached hydrogens (tertiary/aromatic N) is 5. The number of hydrogen-bond acceptors (Lipinski definition) is 7. The topological polar surface area (TPSA) is 97.0 Å². The van der Waals surface area contributed by atoms with Crippen molar-refractivity contribution in [3.8, 4) is 11.4 Å². The van der Waals surface area contributed by atoms with E-state index < -0.39 is 0 Å². The molecule has 0 atom stereocenters. The molecule has 0 saturated heterocycles. The summed E-state index contributed by atoms with van der Waals surface area (Å²) in [5.74, 6) is 1.16. The molecule has 1 amide bonds. The zero-order valence-corrected chi connectivity index (χ0v) is 18.2. The number of fused-ring (bicyclic) bond motifs is 2. The van der Waals surface area contributed by atoms with E-state index in [2.05, 4.69) is 32.2 Å². The first-order valence-electron chi connectivity index (χ1n) is 10.8. The number of carbonyl (C=O) groups is 1. The average Bonchev–Trinajstić information content (AvgIpc) is 3.22. The van der Waals surface area contributed by atoms with Crippen molar-refractivity contribution in [2.75, 3.05) is 5.32 Å². The van der Waals surface area contributed by atoms with Crippen LogP contribution in [0.4, 0.5) is 10.2 Å². The highest BCUT2D eigenvalue weighted by molar-refractivity contribution is 6.10. The van der Waals surface area contributed by atoms with Crippen LogP contribution in [0.1, 0.15) is 47.1 Å². The number of carbonyl (C=O) groups excluding carboxylic acids is 1. The summed E-state index contributed by atoms with van der Waals surface area (Å²) >= 11 is 0. The second-order valence-corrected chi connectivity index (χ2v) is 8.95. The van der Waals surface area contributed by atoms with Crippen LogP contribution in [0, 0.1) is 12.7 Å². The molecule has 0 radical (unpaired) electrons. The number of benzene rings is 1. The van der Waals surface area contributed by atoms with Gasteiger partial charge in [-0.05, 0) is 51.0 Å². The second-order valence-electron chi connectivity index (χ2n) is 8.95. The summed E-state index contributed by atoms with van der Waals surface area (Å²) in [6.07, 6.45) is 5.29. The minimum absolute atomic E-state index is 0.0109. The number of aromatic nitrogens is 4. The summed E-state index contributed by atoms with van der Waals surface area (Å²) in [7, 11) is 0. The first-order chi connectivity index (χ1) is 15.9. The van der Waals surface area contributed by atoms with E-state index in [1.54, 1.807) is 30.2 Å². The van der Waals surface area contributed by atoms with Gasteiger partial charge in [0.1, 0.15) is 23.7 Å². The first-order valence-corrected chi connectivity index (χ1v) is 10.8. The summed E-state index contributed by atoms with van der Waals surface area (Å²) < 4.78 is 19.1. The SMILES string of the molecule is Cc1oc2ncnc(NC3(C)CC3)c2c1C(=O)N1Cc2cnc(-c3ccc(F)cc3)nc2C1. The highest BCUT2D eigenvalue weighted by Crippen LogP contribution is 2.40. The van der Waals surface area contributed by atoms with Crippen molar-refractivity contribution in [1.29, 1.82) is 0 Å². The third kappa shape index (κ3) is 3.40. The van der Waals surface area contributed by atoms with Gasteiger partial charge in [0.15, 0.2) is 5.82 Å². The Hall–Kier alpha value is -3.88. The Morgan fingerprint density at radius 1 is 1.15 bits per heavy atom. The molecular weight excluding hydrogens is 423 g/mol. The van der Waals surface area contributed by atoms with Gasteiger partial charge in [-0.1, -0.05) is 0 Å². The zero-order valence-electron chi connectivity index (χ0n) is 18.2. The Morgan fingerprint density at radius 3 is 2.70 bits per heavy atom. The van der Waals surface area contributed by atoms with Crippen molar-refractivity contribution in [2.45, 2.75) is 45.3 Å². The summed E-state index contributed by atoms with van der Waals surface area (Å²) in [5.41, 5.74) is 3.25. The first kappa shape index (κ1) is 19.8. The number of furan rings is 1. The molecular formula is C24H21FN6O2. The molecule has 1 aromatic carbocycles. The highest BCUT2D eigenvalue weighted by Gasteiger charge is 2.39. The smallest absolute Gasteiger partial charge is 0.258 e. The van der Waals surface area contributed by atoms with Crippen LogP contribution in [0.15, 0.2) is 41.2 Å². The van der Waals surface area contributed by atoms with Gasteiger partial charge in [0.25, 0.3) is 5.91 Å². The zero-order chi connectivity index (χ0) is 22.7.